The number of aliphatic imine (C=N–C) groups is 2. The van der Waals surface area contributed by atoms with Crippen molar-refractivity contribution in [2.24, 2.45) is 15.7 Å². The Morgan fingerprint density at radius 2 is 2.21 bits per heavy atom. The molecule has 24 heavy (non-hydrogen) atoms. The molecule has 0 aromatic heterocycles. The Morgan fingerprint density at radius 3 is 2.88 bits per heavy atom. The topological polar surface area (TPSA) is 91.3 Å². The molecule has 1 unspecified atom stereocenters. The highest BCUT2D eigenvalue weighted by Gasteiger charge is 2.41. The van der Waals surface area contributed by atoms with Crippen LogP contribution in [-0.4, -0.2) is 46.2 Å². The van der Waals surface area contributed by atoms with Crippen molar-refractivity contribution in [2.45, 2.75) is 31.3 Å². The van der Waals surface area contributed by atoms with Gasteiger partial charge in [-0.2, -0.15) is 0 Å². The Hall–Kier alpha value is -2.70. The third-order valence-corrected chi connectivity index (χ3v) is 4.49. The van der Waals surface area contributed by atoms with E-state index in [4.69, 9.17) is 5.73 Å². The van der Waals surface area contributed by atoms with Crippen molar-refractivity contribution in [2.75, 3.05) is 7.05 Å². The van der Waals surface area contributed by atoms with Gasteiger partial charge < -0.3 is 10.8 Å². The zero-order chi connectivity index (χ0) is 17.5. The first-order valence-electron chi connectivity index (χ1n) is 7.65. The molecule has 2 aliphatic heterocycles. The lowest BCUT2D eigenvalue weighted by Crippen LogP contribution is -2.52. The predicted octanol–water partition coefficient (Wildman–Crippen LogP) is 1.58. The summed E-state index contributed by atoms with van der Waals surface area (Å²) in [5, 5.41) is 9.55. The van der Waals surface area contributed by atoms with Crippen LogP contribution >= 0.6 is 0 Å². The molecule has 7 heteroatoms. The van der Waals surface area contributed by atoms with E-state index in [9.17, 15) is 14.3 Å². The Labute approximate surface area is 139 Å². The number of phenols is 1. The number of allylic oxidation sites excluding steroid dienone is 1. The van der Waals surface area contributed by atoms with Crippen LogP contribution < -0.4 is 5.73 Å². The fourth-order valence-electron chi connectivity index (χ4n) is 2.93. The van der Waals surface area contributed by atoms with Crippen LogP contribution in [0.2, 0.25) is 0 Å². The van der Waals surface area contributed by atoms with Crippen molar-refractivity contribution >= 4 is 17.6 Å². The van der Waals surface area contributed by atoms with Gasteiger partial charge in [-0.25, -0.2) is 9.38 Å². The first-order chi connectivity index (χ1) is 11.3. The summed E-state index contributed by atoms with van der Waals surface area (Å²) in [7, 11) is 1.59. The van der Waals surface area contributed by atoms with Gasteiger partial charge in [0.25, 0.3) is 0 Å². The van der Waals surface area contributed by atoms with Gasteiger partial charge in [0.1, 0.15) is 0 Å². The van der Waals surface area contributed by atoms with Gasteiger partial charge in [0.05, 0.1) is 23.7 Å². The Bertz CT molecular complexity index is 787. The molecular formula is C17H19FN4O2. The molecule has 0 bridgehead atoms. The van der Waals surface area contributed by atoms with Gasteiger partial charge in [-0.1, -0.05) is 6.08 Å². The van der Waals surface area contributed by atoms with E-state index in [0.717, 1.165) is 0 Å². The minimum atomic E-state index is -0.730. The lowest BCUT2D eigenvalue weighted by atomic mass is 9.84. The van der Waals surface area contributed by atoms with E-state index >= 15 is 0 Å². The van der Waals surface area contributed by atoms with Gasteiger partial charge in [-0.3, -0.25) is 14.7 Å². The molecule has 126 valence electrons. The second kappa shape index (κ2) is 5.74. The van der Waals surface area contributed by atoms with Gasteiger partial charge in [-0.15, -0.1) is 0 Å². The number of phenolic OH excluding ortho intramolecular Hbond substituents is 1. The second-order valence-corrected chi connectivity index (χ2v) is 6.29. The number of aromatic hydroxyl groups is 1. The van der Waals surface area contributed by atoms with E-state index in [1.54, 1.807) is 13.1 Å². The number of halogens is 1. The molecule has 1 amide bonds. The summed E-state index contributed by atoms with van der Waals surface area (Å²) < 4.78 is 13.2. The fourth-order valence-corrected chi connectivity index (χ4v) is 2.93. The molecule has 0 saturated heterocycles. The highest BCUT2D eigenvalue weighted by atomic mass is 19.1. The SMILES string of the molecule is CN1C(=O)C[C@@](C)(C2CC=CC(c3ccc(F)c(O)c3)=N2)N=C1N. The zero-order valence-corrected chi connectivity index (χ0v) is 13.5. The number of hydrogen-bond acceptors (Lipinski definition) is 5. The lowest BCUT2D eigenvalue weighted by Gasteiger charge is -2.38. The van der Waals surface area contributed by atoms with E-state index in [2.05, 4.69) is 9.98 Å². The fraction of sp³-hybridized carbons (Fsp3) is 0.353. The first-order valence-corrected chi connectivity index (χ1v) is 7.65. The van der Waals surface area contributed by atoms with Gasteiger partial charge in [0, 0.05) is 12.6 Å². The molecule has 3 rings (SSSR count). The summed E-state index contributed by atoms with van der Waals surface area (Å²) in [6.45, 7) is 1.86. The summed E-state index contributed by atoms with van der Waals surface area (Å²) >= 11 is 0. The number of nitrogens with zero attached hydrogens (tertiary/aromatic N) is 3. The van der Waals surface area contributed by atoms with E-state index in [1.165, 1.54) is 17.0 Å². The normalized spacial score (nSPS) is 27.0. The van der Waals surface area contributed by atoms with Crippen LogP contribution in [0.25, 0.3) is 0 Å². The standard InChI is InChI=1S/C17H19FN4O2/c1-17(9-15(24)22(2)16(19)21-17)14-5-3-4-12(20-14)10-6-7-11(18)13(23)8-10/h3-4,6-8,14,23H,5,9H2,1-2H3,(H2,19,21)/t14?,17-/m0/s1. The predicted molar refractivity (Wildman–Crippen MR) is 89.6 cm³/mol. The van der Waals surface area contributed by atoms with Gasteiger partial charge in [0.2, 0.25) is 5.91 Å². The molecule has 3 N–H and O–H groups in total. The van der Waals surface area contributed by atoms with Crippen molar-refractivity contribution in [3.63, 3.8) is 0 Å². The number of guanidine groups is 1. The molecule has 2 atom stereocenters. The highest BCUT2D eigenvalue weighted by molar-refractivity contribution is 6.09. The van der Waals surface area contributed by atoms with Crippen LogP contribution in [0.4, 0.5) is 4.39 Å². The molecule has 6 nitrogen and oxygen atoms in total. The number of amides is 1. The monoisotopic (exact) mass is 330 g/mol. The minimum absolute atomic E-state index is 0.101. The zero-order valence-electron chi connectivity index (χ0n) is 13.5. The molecule has 0 spiro atoms. The summed E-state index contributed by atoms with van der Waals surface area (Å²) in [5.74, 6) is -1.02. The molecule has 1 aromatic carbocycles. The number of dihydropyridines is 1. The third-order valence-electron chi connectivity index (χ3n) is 4.49. The molecular weight excluding hydrogens is 311 g/mol. The molecule has 0 radical (unpaired) electrons. The number of carbonyl (C=O) groups excluding carboxylic acids is 1. The van der Waals surface area contributed by atoms with E-state index in [-0.39, 0.29) is 24.3 Å². The van der Waals surface area contributed by atoms with Crippen LogP contribution in [0, 0.1) is 5.82 Å². The van der Waals surface area contributed by atoms with Crippen LogP contribution in [-0.2, 0) is 4.79 Å². The number of carbonyl (C=O) groups is 1. The molecule has 1 aromatic rings. The van der Waals surface area contributed by atoms with Gasteiger partial charge in [-0.05, 0) is 37.6 Å². The van der Waals surface area contributed by atoms with Crippen LogP contribution in [0.1, 0.15) is 25.3 Å². The molecule has 2 heterocycles. The molecule has 0 fully saturated rings. The van der Waals surface area contributed by atoms with Gasteiger partial charge >= 0.3 is 0 Å². The third kappa shape index (κ3) is 2.77. The first kappa shape index (κ1) is 16.2. The summed E-state index contributed by atoms with van der Waals surface area (Å²) in [6.07, 6.45) is 4.60. The number of rotatable bonds is 2. The highest BCUT2D eigenvalue weighted by Crippen LogP contribution is 2.32. The van der Waals surface area contributed by atoms with Crippen LogP contribution in [0.15, 0.2) is 40.3 Å². The summed E-state index contributed by atoms with van der Waals surface area (Å²) in [4.78, 5) is 22.6. The maximum atomic E-state index is 13.2. The average molecular weight is 330 g/mol. The van der Waals surface area contributed by atoms with Crippen molar-refractivity contribution in [1.29, 1.82) is 0 Å². The van der Waals surface area contributed by atoms with Crippen molar-refractivity contribution in [3.05, 3.63) is 41.7 Å². The smallest absolute Gasteiger partial charge is 0.231 e. The summed E-state index contributed by atoms with van der Waals surface area (Å²) in [6, 6.07) is 3.82. The number of benzene rings is 1. The number of nitrogens with two attached hydrogens (primary N) is 1. The Balaban J connectivity index is 1.95. The van der Waals surface area contributed by atoms with Crippen LogP contribution in [0.3, 0.4) is 0 Å². The lowest BCUT2D eigenvalue weighted by molar-refractivity contribution is -0.128. The van der Waals surface area contributed by atoms with Gasteiger partial charge in [0.15, 0.2) is 17.5 Å². The van der Waals surface area contributed by atoms with E-state index < -0.39 is 17.1 Å². The van der Waals surface area contributed by atoms with Crippen molar-refractivity contribution in [3.8, 4) is 5.75 Å². The second-order valence-electron chi connectivity index (χ2n) is 6.29. The quantitative estimate of drug-likeness (QED) is 0.862. The maximum absolute atomic E-state index is 13.2. The summed E-state index contributed by atoms with van der Waals surface area (Å²) in [5.41, 5.74) is 6.34. The maximum Gasteiger partial charge on any atom is 0.231 e. The molecule has 0 aliphatic carbocycles. The van der Waals surface area contributed by atoms with Crippen molar-refractivity contribution < 1.29 is 14.3 Å². The van der Waals surface area contributed by atoms with Crippen molar-refractivity contribution in [1.82, 2.24) is 4.90 Å². The number of hydrogen-bond donors (Lipinski definition) is 2. The minimum Gasteiger partial charge on any atom is -0.505 e. The Kier molecular flexibility index (Phi) is 3.87. The molecule has 2 aliphatic rings. The van der Waals surface area contributed by atoms with E-state index in [0.29, 0.717) is 17.7 Å². The average Bonchev–Trinajstić information content (AvgIpc) is 2.55. The molecule has 0 saturated carbocycles. The Morgan fingerprint density at radius 1 is 1.46 bits per heavy atom. The van der Waals surface area contributed by atoms with E-state index in [1.807, 2.05) is 19.1 Å². The van der Waals surface area contributed by atoms with Crippen LogP contribution in [0.5, 0.6) is 5.75 Å². The largest absolute Gasteiger partial charge is 0.505 e.